The van der Waals surface area contributed by atoms with Crippen molar-refractivity contribution in [3.8, 4) is 0 Å². The Morgan fingerprint density at radius 1 is 1.33 bits per heavy atom. The number of H-pyrrole nitrogens is 1. The molecular formula is C15H20N6O2S. The Kier molecular flexibility index (Phi) is 5.29. The van der Waals surface area contributed by atoms with Crippen LogP contribution >= 0.6 is 11.8 Å². The summed E-state index contributed by atoms with van der Waals surface area (Å²) in [6.45, 7) is 1.73. The van der Waals surface area contributed by atoms with Crippen LogP contribution in [-0.2, 0) is 4.79 Å². The van der Waals surface area contributed by atoms with E-state index in [0.29, 0.717) is 16.3 Å². The van der Waals surface area contributed by atoms with Crippen molar-refractivity contribution in [1.82, 2.24) is 30.6 Å². The van der Waals surface area contributed by atoms with Crippen LogP contribution in [0.1, 0.15) is 39.0 Å². The van der Waals surface area contributed by atoms with Gasteiger partial charge in [-0.1, -0.05) is 31.0 Å². The van der Waals surface area contributed by atoms with E-state index in [1.165, 1.54) is 24.5 Å². The van der Waals surface area contributed by atoms with Gasteiger partial charge in [0.1, 0.15) is 11.8 Å². The number of hydrogen-bond acceptors (Lipinski definition) is 6. The van der Waals surface area contributed by atoms with Crippen LogP contribution in [0, 0.1) is 0 Å². The Bertz CT molecular complexity index is 695. The molecular weight excluding hydrogens is 328 g/mol. The monoisotopic (exact) mass is 348 g/mol. The minimum atomic E-state index is -0.462. The van der Waals surface area contributed by atoms with Crippen LogP contribution in [0.3, 0.4) is 0 Å². The molecule has 2 aromatic heterocycles. The number of rotatable bonds is 4. The van der Waals surface area contributed by atoms with E-state index >= 15 is 0 Å². The van der Waals surface area contributed by atoms with Crippen molar-refractivity contribution >= 4 is 34.9 Å². The maximum atomic E-state index is 12.2. The Labute approximate surface area is 143 Å². The Balaban J connectivity index is 1.51. The topological polar surface area (TPSA) is 113 Å². The lowest BCUT2D eigenvalue weighted by Gasteiger charge is -2.22. The number of nitrogens with zero attached hydrogens (tertiary/aromatic N) is 3. The van der Waals surface area contributed by atoms with Crippen molar-refractivity contribution in [2.24, 2.45) is 0 Å². The molecule has 0 bridgehead atoms. The van der Waals surface area contributed by atoms with E-state index in [-0.39, 0.29) is 11.9 Å². The molecule has 2 heterocycles. The van der Waals surface area contributed by atoms with Crippen molar-refractivity contribution in [3.05, 3.63) is 12.5 Å². The van der Waals surface area contributed by atoms with Gasteiger partial charge in [0.15, 0.2) is 10.8 Å². The number of fused-ring (bicyclic) bond motifs is 1. The van der Waals surface area contributed by atoms with Gasteiger partial charge in [-0.15, -0.1) is 0 Å². The quantitative estimate of drug-likeness (QED) is 0.728. The van der Waals surface area contributed by atoms with Gasteiger partial charge in [0.25, 0.3) is 0 Å². The molecule has 0 saturated heterocycles. The molecule has 9 heteroatoms. The van der Waals surface area contributed by atoms with Gasteiger partial charge in [-0.2, -0.15) is 0 Å². The second-order valence-electron chi connectivity index (χ2n) is 5.86. The summed E-state index contributed by atoms with van der Waals surface area (Å²) in [5, 5.41) is 5.38. The van der Waals surface area contributed by atoms with E-state index in [0.717, 1.165) is 25.7 Å². The highest BCUT2D eigenvalue weighted by Crippen LogP contribution is 2.22. The summed E-state index contributed by atoms with van der Waals surface area (Å²) >= 11 is 1.24. The predicted octanol–water partition coefficient (Wildman–Crippen LogP) is 1.99. The van der Waals surface area contributed by atoms with Gasteiger partial charge in [0.05, 0.1) is 11.4 Å². The van der Waals surface area contributed by atoms with Gasteiger partial charge in [-0.25, -0.2) is 19.7 Å². The van der Waals surface area contributed by atoms with Crippen LogP contribution in [0.25, 0.3) is 11.2 Å². The predicted molar refractivity (Wildman–Crippen MR) is 90.6 cm³/mol. The first kappa shape index (κ1) is 16.7. The summed E-state index contributed by atoms with van der Waals surface area (Å²) in [5.41, 5.74) is 1.26. The van der Waals surface area contributed by atoms with Gasteiger partial charge < -0.3 is 10.3 Å². The number of nitrogens with one attached hydrogen (secondary N) is 3. The highest BCUT2D eigenvalue weighted by Gasteiger charge is 2.21. The second-order valence-corrected chi connectivity index (χ2v) is 7.19. The fourth-order valence-corrected chi connectivity index (χ4v) is 3.51. The minimum Gasteiger partial charge on any atom is -0.335 e. The molecule has 24 heavy (non-hydrogen) atoms. The number of carbonyl (C=O) groups is 2. The van der Waals surface area contributed by atoms with E-state index in [2.05, 4.69) is 30.6 Å². The molecule has 128 valence electrons. The van der Waals surface area contributed by atoms with Gasteiger partial charge in [-0.05, 0) is 19.8 Å². The summed E-state index contributed by atoms with van der Waals surface area (Å²) in [6.07, 6.45) is 8.47. The zero-order chi connectivity index (χ0) is 16.9. The molecule has 3 rings (SSSR count). The molecule has 1 aliphatic rings. The van der Waals surface area contributed by atoms with E-state index < -0.39 is 11.3 Å². The van der Waals surface area contributed by atoms with Crippen molar-refractivity contribution < 1.29 is 9.59 Å². The summed E-state index contributed by atoms with van der Waals surface area (Å²) in [5.74, 6) is -0.347. The maximum absolute atomic E-state index is 12.2. The van der Waals surface area contributed by atoms with E-state index in [1.54, 1.807) is 13.1 Å². The third-order valence-corrected chi connectivity index (χ3v) is 4.96. The Morgan fingerprint density at radius 3 is 2.88 bits per heavy atom. The number of carbonyl (C=O) groups excluding carboxylic acids is 2. The minimum absolute atomic E-state index is 0.170. The lowest BCUT2D eigenvalue weighted by atomic mass is 9.96. The van der Waals surface area contributed by atoms with Gasteiger partial charge in [0.2, 0.25) is 5.91 Å². The second kappa shape index (κ2) is 7.61. The Hall–Kier alpha value is -2.16. The fourth-order valence-electron chi connectivity index (χ4n) is 2.70. The van der Waals surface area contributed by atoms with Crippen LogP contribution < -0.4 is 10.6 Å². The van der Waals surface area contributed by atoms with E-state index in [1.807, 2.05) is 0 Å². The number of hydrogen-bond donors (Lipinski definition) is 3. The van der Waals surface area contributed by atoms with Crippen LogP contribution in [-0.4, -0.2) is 43.2 Å². The zero-order valence-corrected chi connectivity index (χ0v) is 14.2. The third kappa shape index (κ3) is 4.22. The summed E-state index contributed by atoms with van der Waals surface area (Å²) in [7, 11) is 0. The number of aromatic nitrogens is 4. The van der Waals surface area contributed by atoms with Gasteiger partial charge >= 0.3 is 6.03 Å². The number of imide groups is 1. The van der Waals surface area contributed by atoms with Crippen molar-refractivity contribution in [2.45, 2.75) is 55.5 Å². The summed E-state index contributed by atoms with van der Waals surface area (Å²) in [4.78, 5) is 39.4. The standard InChI is InChI=1S/C15H20N6O2S/c1-9(24-15-19-11-7-16-8-17-12(11)20-15)13(22)21-14(23)18-10-5-3-2-4-6-10/h7-10H,2-6H2,1H3,(H,16,17,19,20)(H2,18,21,22,23). The van der Waals surface area contributed by atoms with Crippen LogP contribution in [0.2, 0.25) is 0 Å². The van der Waals surface area contributed by atoms with Crippen LogP contribution in [0.15, 0.2) is 17.7 Å². The van der Waals surface area contributed by atoms with Crippen LogP contribution in [0.4, 0.5) is 4.79 Å². The molecule has 1 saturated carbocycles. The van der Waals surface area contributed by atoms with Crippen molar-refractivity contribution in [1.29, 1.82) is 0 Å². The van der Waals surface area contributed by atoms with Crippen LogP contribution in [0.5, 0.6) is 0 Å². The first-order valence-electron chi connectivity index (χ1n) is 8.05. The summed E-state index contributed by atoms with van der Waals surface area (Å²) in [6, 6.07) is -0.252. The molecule has 1 aliphatic carbocycles. The average molecular weight is 348 g/mol. The maximum Gasteiger partial charge on any atom is 0.321 e. The fraction of sp³-hybridized carbons (Fsp3) is 0.533. The molecule has 0 aliphatic heterocycles. The first-order chi connectivity index (χ1) is 11.6. The molecule has 0 aromatic carbocycles. The smallest absolute Gasteiger partial charge is 0.321 e. The normalized spacial score (nSPS) is 16.7. The lowest BCUT2D eigenvalue weighted by molar-refractivity contribution is -0.119. The van der Waals surface area contributed by atoms with Gasteiger partial charge in [-0.3, -0.25) is 10.1 Å². The number of aromatic amines is 1. The molecule has 0 radical (unpaired) electrons. The lowest BCUT2D eigenvalue weighted by Crippen LogP contribution is -2.47. The molecule has 8 nitrogen and oxygen atoms in total. The number of urea groups is 1. The molecule has 2 aromatic rings. The van der Waals surface area contributed by atoms with E-state index in [4.69, 9.17) is 0 Å². The Morgan fingerprint density at radius 2 is 2.12 bits per heavy atom. The SMILES string of the molecule is CC(Sc1nc2ncncc2[nH]1)C(=O)NC(=O)NC1CCCCC1. The molecule has 1 atom stereocenters. The molecule has 1 unspecified atom stereocenters. The molecule has 0 spiro atoms. The molecule has 3 amide bonds. The van der Waals surface area contributed by atoms with Crippen molar-refractivity contribution in [3.63, 3.8) is 0 Å². The summed E-state index contributed by atoms with van der Waals surface area (Å²) < 4.78 is 0. The van der Waals surface area contributed by atoms with Gasteiger partial charge in [0, 0.05) is 6.04 Å². The molecule has 3 N–H and O–H groups in total. The number of thioether (sulfide) groups is 1. The van der Waals surface area contributed by atoms with E-state index in [9.17, 15) is 9.59 Å². The average Bonchev–Trinajstić information content (AvgIpc) is 2.97. The van der Waals surface area contributed by atoms with Crippen molar-refractivity contribution in [2.75, 3.05) is 0 Å². The molecule has 1 fully saturated rings. The number of amides is 3. The highest BCUT2D eigenvalue weighted by molar-refractivity contribution is 8.00. The number of imidazole rings is 1. The largest absolute Gasteiger partial charge is 0.335 e. The zero-order valence-electron chi connectivity index (χ0n) is 13.4. The first-order valence-corrected chi connectivity index (χ1v) is 8.93. The third-order valence-electron chi connectivity index (χ3n) is 3.98. The highest BCUT2D eigenvalue weighted by atomic mass is 32.2.